The van der Waals surface area contributed by atoms with Gasteiger partial charge >= 0.3 is 0 Å². The Hall–Kier alpha value is -2.72. The second kappa shape index (κ2) is 9.83. The van der Waals surface area contributed by atoms with Crippen molar-refractivity contribution in [3.63, 3.8) is 0 Å². The number of sulfonamides is 1. The zero-order valence-corrected chi connectivity index (χ0v) is 19.5. The van der Waals surface area contributed by atoms with Gasteiger partial charge < -0.3 is 5.32 Å². The third kappa shape index (κ3) is 5.55. The molecule has 0 fully saturated rings. The van der Waals surface area contributed by atoms with E-state index in [1.165, 1.54) is 6.07 Å². The van der Waals surface area contributed by atoms with Crippen molar-refractivity contribution >= 4 is 44.8 Å². The van der Waals surface area contributed by atoms with Gasteiger partial charge in [-0.25, -0.2) is 17.8 Å². The molecule has 32 heavy (non-hydrogen) atoms. The average Bonchev–Trinajstić information content (AvgIpc) is 2.75. The SMILES string of the molecule is Cc1ccc(NC(=O)Cn2ncc(Cl)c(Cl)c2=O)cc1S(=O)(=O)N[C@H](C)c1ccccc1. The van der Waals surface area contributed by atoms with E-state index in [-0.39, 0.29) is 20.6 Å². The summed E-state index contributed by atoms with van der Waals surface area (Å²) in [6.07, 6.45) is 1.16. The Morgan fingerprint density at radius 2 is 1.84 bits per heavy atom. The number of anilines is 1. The first-order chi connectivity index (χ1) is 15.1. The summed E-state index contributed by atoms with van der Waals surface area (Å²) in [6, 6.07) is 13.2. The first kappa shape index (κ1) is 23.9. The van der Waals surface area contributed by atoms with Crippen LogP contribution in [0.3, 0.4) is 0 Å². The minimum Gasteiger partial charge on any atom is -0.324 e. The molecule has 2 aromatic carbocycles. The van der Waals surface area contributed by atoms with Crippen molar-refractivity contribution in [3.05, 3.63) is 86.3 Å². The van der Waals surface area contributed by atoms with Crippen LogP contribution in [0.15, 0.2) is 64.4 Å². The highest BCUT2D eigenvalue weighted by Gasteiger charge is 2.21. The molecule has 2 N–H and O–H groups in total. The minimum atomic E-state index is -3.87. The van der Waals surface area contributed by atoms with Gasteiger partial charge in [0.05, 0.1) is 16.1 Å². The molecule has 0 spiro atoms. The van der Waals surface area contributed by atoms with Crippen LogP contribution < -0.4 is 15.6 Å². The van der Waals surface area contributed by atoms with E-state index in [9.17, 15) is 18.0 Å². The summed E-state index contributed by atoms with van der Waals surface area (Å²) in [5, 5.41) is 6.09. The van der Waals surface area contributed by atoms with Gasteiger partial charge in [0.1, 0.15) is 11.6 Å². The molecule has 8 nitrogen and oxygen atoms in total. The number of hydrogen-bond donors (Lipinski definition) is 2. The Balaban J connectivity index is 1.78. The number of carbonyl (C=O) groups is 1. The van der Waals surface area contributed by atoms with Gasteiger partial charge in [-0.1, -0.05) is 59.6 Å². The molecule has 0 radical (unpaired) electrons. The number of benzene rings is 2. The first-order valence-corrected chi connectivity index (χ1v) is 11.7. The molecule has 1 heterocycles. The maximum atomic E-state index is 13.0. The Labute approximate surface area is 195 Å². The number of aryl methyl sites for hydroxylation is 1. The van der Waals surface area contributed by atoms with Crippen molar-refractivity contribution in [3.8, 4) is 0 Å². The Morgan fingerprint density at radius 3 is 2.53 bits per heavy atom. The van der Waals surface area contributed by atoms with Crippen LogP contribution in [0.25, 0.3) is 0 Å². The molecule has 3 rings (SSSR count). The molecule has 1 atom stereocenters. The summed E-state index contributed by atoms with van der Waals surface area (Å²) >= 11 is 11.5. The van der Waals surface area contributed by atoms with E-state index < -0.39 is 34.1 Å². The van der Waals surface area contributed by atoms with Gasteiger partial charge in [0.2, 0.25) is 15.9 Å². The lowest BCUT2D eigenvalue weighted by Gasteiger charge is -2.17. The Morgan fingerprint density at radius 1 is 1.16 bits per heavy atom. The number of amides is 1. The minimum absolute atomic E-state index is 0.0149. The topological polar surface area (TPSA) is 110 Å². The van der Waals surface area contributed by atoms with E-state index in [0.717, 1.165) is 16.4 Å². The van der Waals surface area contributed by atoms with Crippen LogP contribution in [0.5, 0.6) is 0 Å². The molecule has 3 aromatic rings. The summed E-state index contributed by atoms with van der Waals surface area (Å²) in [5.41, 5.74) is 0.873. The number of carbonyl (C=O) groups excluding carboxylic acids is 1. The summed E-state index contributed by atoms with van der Waals surface area (Å²) in [7, 11) is -3.87. The van der Waals surface area contributed by atoms with Gasteiger partial charge in [-0.15, -0.1) is 0 Å². The number of rotatable bonds is 7. The number of hydrogen-bond acceptors (Lipinski definition) is 5. The summed E-state index contributed by atoms with van der Waals surface area (Å²) < 4.78 is 29.5. The fourth-order valence-corrected chi connectivity index (χ4v) is 4.74. The van der Waals surface area contributed by atoms with Crippen LogP contribution in [0, 0.1) is 6.92 Å². The monoisotopic (exact) mass is 494 g/mol. The molecular weight excluding hydrogens is 475 g/mol. The zero-order chi connectivity index (χ0) is 23.5. The quantitative estimate of drug-likeness (QED) is 0.521. The van der Waals surface area contributed by atoms with Crippen molar-refractivity contribution in [2.45, 2.75) is 31.3 Å². The van der Waals surface area contributed by atoms with Crippen LogP contribution in [0.1, 0.15) is 24.1 Å². The summed E-state index contributed by atoms with van der Waals surface area (Å²) in [5.74, 6) is -0.587. The van der Waals surface area contributed by atoms with Crippen LogP contribution in [-0.2, 0) is 21.4 Å². The van der Waals surface area contributed by atoms with Gasteiger partial charge in [0, 0.05) is 11.7 Å². The van der Waals surface area contributed by atoms with Gasteiger partial charge in [0.25, 0.3) is 5.56 Å². The molecule has 0 saturated carbocycles. The Bertz CT molecular complexity index is 1310. The number of nitrogens with zero attached hydrogens (tertiary/aromatic N) is 2. The normalized spacial score (nSPS) is 12.4. The van der Waals surface area contributed by atoms with Crippen molar-refractivity contribution < 1.29 is 13.2 Å². The lowest BCUT2D eigenvalue weighted by atomic mass is 10.1. The molecule has 0 aliphatic carbocycles. The molecule has 0 aliphatic heterocycles. The number of aromatic nitrogens is 2. The fraction of sp³-hybridized carbons (Fsp3) is 0.190. The highest BCUT2D eigenvalue weighted by Crippen LogP contribution is 2.23. The molecule has 1 aromatic heterocycles. The van der Waals surface area contributed by atoms with Gasteiger partial charge in [-0.05, 0) is 37.1 Å². The standard InChI is InChI=1S/C21H20Cl2N4O4S/c1-13-8-9-16(25-19(28)12-27-21(29)20(23)17(22)11-24-27)10-18(13)32(30,31)26-14(2)15-6-4-3-5-7-15/h3-11,14,26H,12H2,1-2H3,(H,25,28)/t14-/m1/s1. The lowest BCUT2D eigenvalue weighted by molar-refractivity contribution is -0.117. The third-order valence-electron chi connectivity index (χ3n) is 4.63. The predicted molar refractivity (Wildman–Crippen MR) is 124 cm³/mol. The first-order valence-electron chi connectivity index (χ1n) is 9.47. The van der Waals surface area contributed by atoms with Crippen molar-refractivity contribution in [1.29, 1.82) is 0 Å². The summed E-state index contributed by atoms with van der Waals surface area (Å²) in [6.45, 7) is 2.98. The maximum absolute atomic E-state index is 13.0. The lowest BCUT2D eigenvalue weighted by Crippen LogP contribution is -2.30. The Kier molecular flexibility index (Phi) is 7.35. The smallest absolute Gasteiger partial charge is 0.287 e. The molecule has 0 aliphatic rings. The van der Waals surface area contributed by atoms with Crippen molar-refractivity contribution in [1.82, 2.24) is 14.5 Å². The van der Waals surface area contributed by atoms with E-state index in [0.29, 0.717) is 5.56 Å². The van der Waals surface area contributed by atoms with Crippen LogP contribution >= 0.6 is 23.2 Å². The largest absolute Gasteiger partial charge is 0.324 e. The second-order valence-corrected chi connectivity index (χ2v) is 9.52. The average molecular weight is 495 g/mol. The number of nitrogens with one attached hydrogen (secondary N) is 2. The van der Waals surface area contributed by atoms with Gasteiger partial charge in [-0.2, -0.15) is 5.10 Å². The predicted octanol–water partition coefficient (Wildman–Crippen LogP) is 3.54. The van der Waals surface area contributed by atoms with E-state index in [4.69, 9.17) is 23.2 Å². The summed E-state index contributed by atoms with van der Waals surface area (Å²) in [4.78, 5) is 24.5. The maximum Gasteiger partial charge on any atom is 0.287 e. The molecule has 0 unspecified atom stereocenters. The van der Waals surface area contributed by atoms with Crippen LogP contribution in [-0.4, -0.2) is 24.1 Å². The third-order valence-corrected chi connectivity index (χ3v) is 7.06. The van der Waals surface area contributed by atoms with Crippen molar-refractivity contribution in [2.75, 3.05) is 5.32 Å². The zero-order valence-electron chi connectivity index (χ0n) is 17.2. The van der Waals surface area contributed by atoms with E-state index in [2.05, 4.69) is 15.1 Å². The highest BCUT2D eigenvalue weighted by atomic mass is 35.5. The molecule has 1 amide bonds. The highest BCUT2D eigenvalue weighted by molar-refractivity contribution is 7.89. The van der Waals surface area contributed by atoms with Crippen LogP contribution in [0.2, 0.25) is 10.0 Å². The van der Waals surface area contributed by atoms with E-state index in [1.807, 2.05) is 30.3 Å². The van der Waals surface area contributed by atoms with Gasteiger partial charge in [0.15, 0.2) is 0 Å². The van der Waals surface area contributed by atoms with E-state index in [1.54, 1.807) is 26.0 Å². The van der Waals surface area contributed by atoms with Crippen molar-refractivity contribution in [2.24, 2.45) is 0 Å². The molecule has 0 saturated heterocycles. The van der Waals surface area contributed by atoms with Crippen LogP contribution in [0.4, 0.5) is 5.69 Å². The van der Waals surface area contributed by atoms with Gasteiger partial charge in [-0.3, -0.25) is 9.59 Å². The fourth-order valence-electron chi connectivity index (χ4n) is 2.97. The molecule has 0 bridgehead atoms. The molecule has 11 heteroatoms. The van der Waals surface area contributed by atoms with E-state index >= 15 is 0 Å². The second-order valence-electron chi connectivity index (χ2n) is 7.05. The molecule has 168 valence electrons. The number of halogens is 2. The molecular formula is C21H20Cl2N4O4S.